The molecule has 3 aromatic rings. The Bertz CT molecular complexity index is 1050. The number of anilines is 1. The van der Waals surface area contributed by atoms with Gasteiger partial charge in [0.1, 0.15) is 5.75 Å². The van der Waals surface area contributed by atoms with Crippen molar-refractivity contribution in [2.45, 2.75) is 57.8 Å². The highest BCUT2D eigenvalue weighted by Crippen LogP contribution is 2.34. The molecule has 1 aromatic heterocycles. The van der Waals surface area contributed by atoms with Crippen LogP contribution in [0.4, 0.5) is 5.69 Å². The zero-order chi connectivity index (χ0) is 25.6. The molecule has 0 radical (unpaired) electrons. The van der Waals surface area contributed by atoms with E-state index >= 15 is 0 Å². The monoisotopic (exact) mass is 513 g/mol. The summed E-state index contributed by atoms with van der Waals surface area (Å²) in [5.74, 6) is 0.830. The number of pyridine rings is 1. The summed E-state index contributed by atoms with van der Waals surface area (Å²) in [6.45, 7) is 5.91. The lowest BCUT2D eigenvalue weighted by molar-refractivity contribution is 0.260. The van der Waals surface area contributed by atoms with E-state index in [1.807, 2.05) is 24.3 Å². The van der Waals surface area contributed by atoms with Crippen LogP contribution in [-0.4, -0.2) is 56.3 Å². The molecular weight excluding hydrogens is 470 g/mol. The molecule has 0 unspecified atom stereocenters. The maximum absolute atomic E-state index is 6.27. The molecule has 0 saturated carbocycles. The number of hydrogen-bond acceptors (Lipinski definition) is 6. The zero-order valence-corrected chi connectivity index (χ0v) is 22.7. The van der Waals surface area contributed by atoms with Crippen LogP contribution in [-0.2, 0) is 0 Å². The van der Waals surface area contributed by atoms with Gasteiger partial charge >= 0.3 is 0 Å². The minimum absolute atomic E-state index is 0.697. The molecule has 3 rings (SSSR count). The Morgan fingerprint density at radius 3 is 2.11 bits per heavy atom. The number of ether oxygens (including phenoxy) is 1. The van der Waals surface area contributed by atoms with Gasteiger partial charge in [0.2, 0.25) is 0 Å². The van der Waals surface area contributed by atoms with Crippen molar-refractivity contribution in [3.8, 4) is 5.75 Å². The molecule has 0 bridgehead atoms. The molecule has 0 amide bonds. The van der Waals surface area contributed by atoms with Crippen molar-refractivity contribution in [2.24, 2.45) is 11.5 Å². The Morgan fingerprint density at radius 1 is 0.778 bits per heavy atom. The topological polar surface area (TPSA) is 89.4 Å². The van der Waals surface area contributed by atoms with E-state index in [0.717, 1.165) is 91.8 Å². The fourth-order valence-electron chi connectivity index (χ4n) is 4.73. The number of nitrogens with one attached hydrogen (secondary N) is 1. The number of aromatic nitrogens is 1. The largest absolute Gasteiger partial charge is 0.497 e. The van der Waals surface area contributed by atoms with E-state index in [1.54, 1.807) is 7.11 Å². The fraction of sp³-hybridized carbons (Fsp3) is 0.552. The predicted molar refractivity (Wildman–Crippen MR) is 155 cm³/mol. The van der Waals surface area contributed by atoms with Crippen molar-refractivity contribution >= 4 is 39.1 Å². The Kier molecular flexibility index (Phi) is 12.5. The minimum atomic E-state index is 0.697. The van der Waals surface area contributed by atoms with E-state index in [1.165, 1.54) is 38.5 Å². The van der Waals surface area contributed by atoms with E-state index in [0.29, 0.717) is 5.02 Å². The number of halogens is 1. The van der Waals surface area contributed by atoms with Crippen LogP contribution in [0.2, 0.25) is 5.02 Å². The summed E-state index contributed by atoms with van der Waals surface area (Å²) in [4.78, 5) is 7.47. The van der Waals surface area contributed by atoms with Crippen LogP contribution in [0.1, 0.15) is 57.8 Å². The number of unbranched alkanes of at least 4 members (excludes halogenated alkanes) is 6. The van der Waals surface area contributed by atoms with Crippen LogP contribution in [0.15, 0.2) is 36.4 Å². The van der Waals surface area contributed by atoms with Gasteiger partial charge in [-0.05, 0) is 101 Å². The first kappa shape index (κ1) is 28.5. The summed E-state index contributed by atoms with van der Waals surface area (Å²) in [7, 11) is 1.70. The second-order valence-electron chi connectivity index (χ2n) is 9.56. The van der Waals surface area contributed by atoms with Gasteiger partial charge in [0.05, 0.1) is 23.8 Å². The lowest BCUT2D eigenvalue weighted by Crippen LogP contribution is -2.28. The molecule has 0 aliphatic carbocycles. The molecule has 0 fully saturated rings. The molecule has 198 valence electrons. The van der Waals surface area contributed by atoms with Gasteiger partial charge in [0.25, 0.3) is 0 Å². The molecule has 6 nitrogen and oxygen atoms in total. The Balaban J connectivity index is 1.63. The van der Waals surface area contributed by atoms with Crippen LogP contribution in [0, 0.1) is 0 Å². The van der Waals surface area contributed by atoms with Crippen molar-refractivity contribution in [1.29, 1.82) is 0 Å². The molecule has 0 spiro atoms. The van der Waals surface area contributed by atoms with E-state index in [9.17, 15) is 0 Å². The Labute approximate surface area is 221 Å². The minimum Gasteiger partial charge on any atom is -0.497 e. The SMILES string of the molecule is COc1ccc2nc3cc(Cl)ccc3c(NCCCN(CCCCCCN)CCCCCCN)c2c1. The summed E-state index contributed by atoms with van der Waals surface area (Å²) in [5.41, 5.74) is 14.2. The first-order chi connectivity index (χ1) is 17.7. The maximum Gasteiger partial charge on any atom is 0.119 e. The Morgan fingerprint density at radius 2 is 1.44 bits per heavy atom. The molecule has 36 heavy (non-hydrogen) atoms. The average molecular weight is 514 g/mol. The van der Waals surface area contributed by atoms with Crippen LogP contribution >= 0.6 is 11.6 Å². The Hall–Kier alpha value is -2.12. The van der Waals surface area contributed by atoms with Crippen LogP contribution in [0.3, 0.4) is 0 Å². The quantitative estimate of drug-likeness (QED) is 0.139. The summed E-state index contributed by atoms with van der Waals surface area (Å²) >= 11 is 6.27. The lowest BCUT2D eigenvalue weighted by atomic mass is 10.1. The summed E-state index contributed by atoms with van der Waals surface area (Å²) in [6, 6.07) is 11.9. The molecule has 5 N–H and O–H groups in total. The maximum atomic E-state index is 6.27. The van der Waals surface area contributed by atoms with Crippen LogP contribution < -0.4 is 21.5 Å². The van der Waals surface area contributed by atoms with E-state index in [4.69, 9.17) is 32.8 Å². The molecular formula is C29H44ClN5O. The number of benzene rings is 2. The first-order valence-corrected chi connectivity index (χ1v) is 14.0. The number of rotatable bonds is 18. The summed E-state index contributed by atoms with van der Waals surface area (Å²) < 4.78 is 5.49. The third-order valence-electron chi connectivity index (χ3n) is 6.75. The predicted octanol–water partition coefficient (Wildman–Crippen LogP) is 6.19. The molecule has 0 aliphatic rings. The van der Waals surface area contributed by atoms with Crippen molar-refractivity contribution < 1.29 is 4.74 Å². The molecule has 0 saturated heterocycles. The van der Waals surface area contributed by atoms with Crippen LogP contribution in [0.5, 0.6) is 5.75 Å². The van der Waals surface area contributed by atoms with E-state index in [2.05, 4.69) is 22.3 Å². The molecule has 0 aliphatic heterocycles. The number of fused-ring (bicyclic) bond motifs is 2. The highest BCUT2D eigenvalue weighted by atomic mass is 35.5. The van der Waals surface area contributed by atoms with Gasteiger partial charge < -0.3 is 26.4 Å². The second-order valence-corrected chi connectivity index (χ2v) is 10.00. The highest BCUT2D eigenvalue weighted by Gasteiger charge is 2.11. The molecule has 0 atom stereocenters. The summed E-state index contributed by atoms with van der Waals surface area (Å²) in [6.07, 6.45) is 10.8. The standard InChI is InChI=1S/C29H44ClN5O/c1-36-24-12-14-27-26(22-24)29(25-13-11-23(30)21-28(25)34-27)33-17-10-20-35(18-8-4-2-6-15-31)19-9-5-3-7-16-32/h11-14,21-22H,2-10,15-20,31-32H2,1H3,(H,33,34). The number of hydrogen-bond donors (Lipinski definition) is 3. The van der Waals surface area contributed by atoms with Gasteiger partial charge in [-0.2, -0.15) is 0 Å². The van der Waals surface area contributed by atoms with Gasteiger partial charge in [0.15, 0.2) is 0 Å². The first-order valence-electron chi connectivity index (χ1n) is 13.6. The highest BCUT2D eigenvalue weighted by molar-refractivity contribution is 6.31. The number of nitrogens with two attached hydrogens (primary N) is 2. The smallest absolute Gasteiger partial charge is 0.119 e. The van der Waals surface area contributed by atoms with Gasteiger partial charge in [-0.1, -0.05) is 37.3 Å². The third-order valence-corrected chi connectivity index (χ3v) is 6.99. The van der Waals surface area contributed by atoms with Crippen molar-refractivity contribution in [2.75, 3.05) is 51.7 Å². The van der Waals surface area contributed by atoms with Crippen molar-refractivity contribution in [3.05, 3.63) is 41.4 Å². The van der Waals surface area contributed by atoms with Crippen molar-refractivity contribution in [1.82, 2.24) is 9.88 Å². The fourth-order valence-corrected chi connectivity index (χ4v) is 4.90. The van der Waals surface area contributed by atoms with Gasteiger partial charge in [0, 0.05) is 22.3 Å². The van der Waals surface area contributed by atoms with E-state index < -0.39 is 0 Å². The number of methoxy groups -OCH3 is 1. The van der Waals surface area contributed by atoms with Gasteiger partial charge in [-0.15, -0.1) is 0 Å². The summed E-state index contributed by atoms with van der Waals surface area (Å²) in [5, 5.41) is 6.58. The van der Waals surface area contributed by atoms with Crippen molar-refractivity contribution in [3.63, 3.8) is 0 Å². The lowest BCUT2D eigenvalue weighted by Gasteiger charge is -2.23. The van der Waals surface area contributed by atoms with E-state index in [-0.39, 0.29) is 0 Å². The van der Waals surface area contributed by atoms with Crippen LogP contribution in [0.25, 0.3) is 21.8 Å². The van der Waals surface area contributed by atoms with Gasteiger partial charge in [-0.3, -0.25) is 0 Å². The third kappa shape index (κ3) is 8.77. The zero-order valence-electron chi connectivity index (χ0n) is 21.9. The second kappa shape index (κ2) is 15.9. The average Bonchev–Trinajstić information content (AvgIpc) is 2.89. The molecule has 2 aromatic carbocycles. The normalized spacial score (nSPS) is 11.6. The molecule has 7 heteroatoms. The van der Waals surface area contributed by atoms with Gasteiger partial charge in [-0.25, -0.2) is 4.98 Å². The molecule has 1 heterocycles. The number of nitrogens with zero attached hydrogens (tertiary/aromatic N) is 2.